The molecule has 2 rings (SSSR count). The van der Waals surface area contributed by atoms with Gasteiger partial charge in [-0.1, -0.05) is 6.07 Å². The van der Waals surface area contributed by atoms with Crippen molar-refractivity contribution in [2.75, 3.05) is 13.3 Å². The van der Waals surface area contributed by atoms with Crippen LogP contribution in [0.25, 0.3) is 0 Å². The Balaban J connectivity index is 1.91. The van der Waals surface area contributed by atoms with Gasteiger partial charge in [-0.2, -0.15) is 0 Å². The van der Waals surface area contributed by atoms with Crippen molar-refractivity contribution < 1.29 is 14.3 Å². The maximum atomic E-state index is 11.9. The van der Waals surface area contributed by atoms with Gasteiger partial charge in [0, 0.05) is 5.54 Å². The van der Waals surface area contributed by atoms with Crippen molar-refractivity contribution in [3.05, 3.63) is 23.8 Å². The molecule has 0 aliphatic carbocycles. The van der Waals surface area contributed by atoms with E-state index in [1.165, 1.54) is 0 Å². The average molecular weight is 278 g/mol. The van der Waals surface area contributed by atoms with Crippen LogP contribution < -0.4 is 20.1 Å². The highest BCUT2D eigenvalue weighted by atomic mass is 16.7. The van der Waals surface area contributed by atoms with E-state index in [0.29, 0.717) is 6.54 Å². The first-order chi connectivity index (χ1) is 9.35. The molecule has 1 heterocycles. The number of carbonyl (C=O) groups is 1. The number of hydrogen-bond acceptors (Lipinski definition) is 4. The van der Waals surface area contributed by atoms with Crippen molar-refractivity contribution in [2.24, 2.45) is 0 Å². The zero-order chi connectivity index (χ0) is 14.8. The Morgan fingerprint density at radius 3 is 2.70 bits per heavy atom. The van der Waals surface area contributed by atoms with Crippen LogP contribution in [0.1, 0.15) is 39.3 Å². The predicted molar refractivity (Wildman–Crippen MR) is 76.9 cm³/mol. The third-order valence-electron chi connectivity index (χ3n) is 3.05. The lowest BCUT2D eigenvalue weighted by molar-refractivity contribution is -0.121. The maximum absolute atomic E-state index is 11.9. The Labute approximate surface area is 119 Å². The van der Waals surface area contributed by atoms with Crippen LogP contribution in [0.4, 0.5) is 0 Å². The molecule has 0 fully saturated rings. The van der Waals surface area contributed by atoms with E-state index in [2.05, 4.69) is 10.6 Å². The summed E-state index contributed by atoms with van der Waals surface area (Å²) in [5.41, 5.74) is 0.928. The first-order valence-electron chi connectivity index (χ1n) is 6.79. The van der Waals surface area contributed by atoms with Crippen LogP contribution in [0.5, 0.6) is 11.5 Å². The summed E-state index contributed by atoms with van der Waals surface area (Å²) in [6.07, 6.45) is 0. The van der Waals surface area contributed by atoms with Gasteiger partial charge in [0.2, 0.25) is 12.7 Å². The lowest BCUT2D eigenvalue weighted by Gasteiger charge is -2.21. The van der Waals surface area contributed by atoms with E-state index in [0.717, 1.165) is 17.1 Å². The summed E-state index contributed by atoms with van der Waals surface area (Å²) in [7, 11) is 0. The summed E-state index contributed by atoms with van der Waals surface area (Å²) in [6.45, 7) is 8.60. The summed E-state index contributed by atoms with van der Waals surface area (Å²) in [5, 5.41) is 6.13. The summed E-state index contributed by atoms with van der Waals surface area (Å²) >= 11 is 0. The third kappa shape index (κ3) is 3.87. The van der Waals surface area contributed by atoms with Crippen LogP contribution in [0.2, 0.25) is 0 Å². The molecule has 0 aromatic heterocycles. The van der Waals surface area contributed by atoms with Gasteiger partial charge in [0.25, 0.3) is 0 Å². The van der Waals surface area contributed by atoms with Gasteiger partial charge in [0.1, 0.15) is 0 Å². The van der Waals surface area contributed by atoms with Gasteiger partial charge in [-0.3, -0.25) is 4.79 Å². The molecule has 1 aromatic carbocycles. The predicted octanol–water partition coefficient (Wildman–Crippen LogP) is 1.98. The smallest absolute Gasteiger partial charge is 0.234 e. The molecule has 1 atom stereocenters. The summed E-state index contributed by atoms with van der Waals surface area (Å²) in [6, 6.07) is 5.65. The van der Waals surface area contributed by atoms with Gasteiger partial charge in [-0.25, -0.2) is 0 Å². The highest BCUT2D eigenvalue weighted by Crippen LogP contribution is 2.34. The summed E-state index contributed by atoms with van der Waals surface area (Å²) < 4.78 is 10.6. The van der Waals surface area contributed by atoms with E-state index in [4.69, 9.17) is 9.47 Å². The van der Waals surface area contributed by atoms with Crippen molar-refractivity contribution in [3.8, 4) is 11.5 Å². The van der Waals surface area contributed by atoms with Crippen molar-refractivity contribution in [1.82, 2.24) is 10.6 Å². The largest absolute Gasteiger partial charge is 0.454 e. The van der Waals surface area contributed by atoms with Gasteiger partial charge >= 0.3 is 0 Å². The zero-order valence-corrected chi connectivity index (χ0v) is 12.4. The highest BCUT2D eigenvalue weighted by Gasteiger charge is 2.17. The van der Waals surface area contributed by atoms with E-state index in [1.807, 2.05) is 45.9 Å². The van der Waals surface area contributed by atoms with Crippen LogP contribution in [0, 0.1) is 0 Å². The summed E-state index contributed by atoms with van der Waals surface area (Å²) in [4.78, 5) is 11.9. The van der Waals surface area contributed by atoms with Crippen LogP contribution in [-0.4, -0.2) is 24.8 Å². The van der Waals surface area contributed by atoms with Crippen LogP contribution in [0.15, 0.2) is 18.2 Å². The topological polar surface area (TPSA) is 59.6 Å². The minimum Gasteiger partial charge on any atom is -0.454 e. The fourth-order valence-electron chi connectivity index (χ4n) is 1.90. The molecule has 0 saturated heterocycles. The van der Waals surface area contributed by atoms with Gasteiger partial charge in [-0.05, 0) is 45.4 Å². The van der Waals surface area contributed by atoms with E-state index in [-0.39, 0.29) is 24.3 Å². The van der Waals surface area contributed by atoms with Gasteiger partial charge in [0.05, 0.1) is 12.6 Å². The molecular weight excluding hydrogens is 256 g/mol. The first-order valence-corrected chi connectivity index (χ1v) is 6.79. The number of rotatable bonds is 4. The van der Waals surface area contributed by atoms with E-state index >= 15 is 0 Å². The Morgan fingerprint density at radius 1 is 1.30 bits per heavy atom. The Hall–Kier alpha value is -1.75. The molecule has 20 heavy (non-hydrogen) atoms. The number of fused-ring (bicyclic) bond motifs is 1. The minimum atomic E-state index is -0.0706. The molecule has 1 aliphatic rings. The zero-order valence-electron chi connectivity index (χ0n) is 12.4. The van der Waals surface area contributed by atoms with Crippen molar-refractivity contribution in [3.63, 3.8) is 0 Å². The van der Waals surface area contributed by atoms with Crippen molar-refractivity contribution >= 4 is 5.91 Å². The molecule has 1 aliphatic heterocycles. The highest BCUT2D eigenvalue weighted by molar-refractivity contribution is 5.78. The molecule has 0 saturated carbocycles. The first kappa shape index (κ1) is 14.7. The molecule has 1 amide bonds. The van der Waals surface area contributed by atoms with Crippen molar-refractivity contribution in [2.45, 2.75) is 39.3 Å². The third-order valence-corrected chi connectivity index (χ3v) is 3.05. The quantitative estimate of drug-likeness (QED) is 0.884. The number of amides is 1. The maximum Gasteiger partial charge on any atom is 0.234 e. The van der Waals surface area contributed by atoms with Crippen LogP contribution in [0.3, 0.4) is 0 Å². The minimum absolute atomic E-state index is 0.0231. The van der Waals surface area contributed by atoms with Gasteiger partial charge < -0.3 is 20.1 Å². The number of carbonyl (C=O) groups excluding carboxylic acids is 1. The molecular formula is C15H22N2O3. The SMILES string of the molecule is CC(NC(=O)CNC(C)(C)C)c1ccc2c(c1)OCO2. The second-order valence-corrected chi connectivity index (χ2v) is 6.01. The van der Waals surface area contributed by atoms with Crippen LogP contribution in [-0.2, 0) is 4.79 Å². The molecule has 1 unspecified atom stereocenters. The average Bonchev–Trinajstić information content (AvgIpc) is 2.82. The molecule has 5 nitrogen and oxygen atoms in total. The Bertz CT molecular complexity index is 494. The normalized spacial score (nSPS) is 15.0. The molecule has 2 N–H and O–H groups in total. The van der Waals surface area contributed by atoms with Gasteiger partial charge in [0.15, 0.2) is 11.5 Å². The molecule has 5 heteroatoms. The number of hydrogen-bond donors (Lipinski definition) is 2. The van der Waals surface area contributed by atoms with E-state index < -0.39 is 0 Å². The summed E-state index contributed by atoms with van der Waals surface area (Å²) in [5.74, 6) is 1.46. The molecule has 0 spiro atoms. The molecule has 110 valence electrons. The standard InChI is InChI=1S/C15H22N2O3/c1-10(17-14(18)8-16-15(2,3)4)11-5-6-12-13(7-11)20-9-19-12/h5-7,10,16H,8-9H2,1-4H3,(H,17,18). The monoisotopic (exact) mass is 278 g/mol. The molecule has 1 aromatic rings. The van der Waals surface area contributed by atoms with Gasteiger partial charge in [-0.15, -0.1) is 0 Å². The Kier molecular flexibility index (Phi) is 4.18. The van der Waals surface area contributed by atoms with Crippen LogP contribution >= 0.6 is 0 Å². The lowest BCUT2D eigenvalue weighted by atomic mass is 10.1. The fraction of sp³-hybridized carbons (Fsp3) is 0.533. The molecule has 0 radical (unpaired) electrons. The number of nitrogens with one attached hydrogen (secondary N) is 2. The number of ether oxygens (including phenoxy) is 2. The second kappa shape index (κ2) is 5.71. The Morgan fingerprint density at radius 2 is 2.00 bits per heavy atom. The second-order valence-electron chi connectivity index (χ2n) is 6.01. The van der Waals surface area contributed by atoms with E-state index in [9.17, 15) is 4.79 Å². The number of benzene rings is 1. The van der Waals surface area contributed by atoms with E-state index in [1.54, 1.807) is 0 Å². The molecule has 0 bridgehead atoms. The van der Waals surface area contributed by atoms with Crippen molar-refractivity contribution in [1.29, 1.82) is 0 Å². The fourth-order valence-corrected chi connectivity index (χ4v) is 1.90. The lowest BCUT2D eigenvalue weighted by Crippen LogP contribution is -2.43.